The van der Waals surface area contributed by atoms with Crippen molar-refractivity contribution in [2.45, 2.75) is 52.1 Å². The molecule has 1 aliphatic rings. The van der Waals surface area contributed by atoms with Crippen molar-refractivity contribution >= 4 is 11.8 Å². The van der Waals surface area contributed by atoms with E-state index in [0.717, 1.165) is 30.8 Å². The molecule has 0 saturated carbocycles. The van der Waals surface area contributed by atoms with Crippen LogP contribution in [0, 0.1) is 5.92 Å². The van der Waals surface area contributed by atoms with E-state index in [2.05, 4.69) is 20.7 Å². The highest BCUT2D eigenvalue weighted by molar-refractivity contribution is 5.95. The number of nitrogens with one attached hydrogen (secondary N) is 2. The SMILES string of the molecule is CC(C)NC(=O)c1cnn2c1C[C@@H](CNC(=O)CCc1ccccn1)CC2. The topological polar surface area (TPSA) is 88.9 Å². The lowest BCUT2D eigenvalue weighted by molar-refractivity contribution is -0.121. The predicted molar refractivity (Wildman–Crippen MR) is 102 cm³/mol. The fourth-order valence-corrected chi connectivity index (χ4v) is 3.34. The normalized spacial score (nSPS) is 16.0. The smallest absolute Gasteiger partial charge is 0.254 e. The lowest BCUT2D eigenvalue weighted by Gasteiger charge is -2.24. The molecule has 2 N–H and O–H groups in total. The third kappa shape index (κ3) is 5.15. The fraction of sp³-hybridized carbons (Fsp3) is 0.500. The Labute approximate surface area is 159 Å². The number of aromatic nitrogens is 3. The molecule has 7 nitrogen and oxygen atoms in total. The molecule has 7 heteroatoms. The molecule has 3 heterocycles. The lowest BCUT2D eigenvalue weighted by Crippen LogP contribution is -2.35. The Kier molecular flexibility index (Phi) is 6.21. The summed E-state index contributed by atoms with van der Waals surface area (Å²) in [5, 5.41) is 10.3. The van der Waals surface area contributed by atoms with E-state index in [1.165, 1.54) is 0 Å². The summed E-state index contributed by atoms with van der Waals surface area (Å²) in [6.45, 7) is 5.28. The van der Waals surface area contributed by atoms with E-state index in [9.17, 15) is 9.59 Å². The zero-order chi connectivity index (χ0) is 19.2. The molecule has 0 bridgehead atoms. The maximum absolute atomic E-state index is 12.3. The Morgan fingerprint density at radius 2 is 2.19 bits per heavy atom. The van der Waals surface area contributed by atoms with Gasteiger partial charge in [0.2, 0.25) is 5.91 Å². The minimum absolute atomic E-state index is 0.0394. The van der Waals surface area contributed by atoms with Gasteiger partial charge < -0.3 is 10.6 Å². The van der Waals surface area contributed by atoms with Crippen molar-refractivity contribution in [2.75, 3.05) is 6.54 Å². The number of nitrogens with zero attached hydrogens (tertiary/aromatic N) is 3. The molecular weight excluding hydrogens is 342 g/mol. The van der Waals surface area contributed by atoms with Crippen LogP contribution in [-0.4, -0.2) is 39.2 Å². The van der Waals surface area contributed by atoms with Gasteiger partial charge in [-0.1, -0.05) is 6.07 Å². The molecule has 0 spiro atoms. The number of carbonyl (C=O) groups excluding carboxylic acids is 2. The summed E-state index contributed by atoms with van der Waals surface area (Å²) in [6, 6.07) is 5.82. The first-order valence-electron chi connectivity index (χ1n) is 9.55. The molecule has 2 amide bonds. The van der Waals surface area contributed by atoms with Crippen LogP contribution in [0.5, 0.6) is 0 Å². The Bertz CT molecular complexity index is 785. The zero-order valence-electron chi connectivity index (χ0n) is 15.9. The molecule has 27 heavy (non-hydrogen) atoms. The van der Waals surface area contributed by atoms with Crippen LogP contribution in [0.1, 0.15) is 48.4 Å². The summed E-state index contributed by atoms with van der Waals surface area (Å²) in [6.07, 6.45) is 6.17. The van der Waals surface area contributed by atoms with E-state index in [4.69, 9.17) is 0 Å². The van der Waals surface area contributed by atoms with E-state index < -0.39 is 0 Å². The molecule has 0 unspecified atom stereocenters. The number of hydrogen-bond acceptors (Lipinski definition) is 4. The van der Waals surface area contributed by atoms with Crippen LogP contribution in [0.4, 0.5) is 0 Å². The summed E-state index contributed by atoms with van der Waals surface area (Å²) >= 11 is 0. The molecule has 2 aromatic heterocycles. The standard InChI is InChI=1S/C20H27N5O2/c1-14(2)24-20(27)17-13-23-25-10-8-15(11-18(17)25)12-22-19(26)7-6-16-5-3-4-9-21-16/h3-5,9,13-15H,6-8,10-12H2,1-2H3,(H,22,26)(H,24,27)/t15-/m0/s1. The van der Waals surface area contributed by atoms with Crippen LogP contribution < -0.4 is 10.6 Å². The fourth-order valence-electron chi connectivity index (χ4n) is 3.34. The second-order valence-corrected chi connectivity index (χ2v) is 7.34. The van der Waals surface area contributed by atoms with Gasteiger partial charge in [0.05, 0.1) is 17.5 Å². The van der Waals surface area contributed by atoms with E-state index in [1.54, 1.807) is 12.4 Å². The number of hydrogen-bond donors (Lipinski definition) is 2. The Hall–Kier alpha value is -2.70. The third-order valence-electron chi connectivity index (χ3n) is 4.77. The maximum Gasteiger partial charge on any atom is 0.254 e. The lowest BCUT2D eigenvalue weighted by atomic mass is 9.94. The van der Waals surface area contributed by atoms with Crippen molar-refractivity contribution in [1.82, 2.24) is 25.4 Å². The van der Waals surface area contributed by atoms with Crippen LogP contribution in [0.3, 0.4) is 0 Å². The Balaban J connectivity index is 1.50. The molecule has 1 aliphatic heterocycles. The van der Waals surface area contributed by atoms with Crippen LogP contribution >= 0.6 is 0 Å². The number of rotatable bonds is 7. The number of fused-ring (bicyclic) bond motifs is 1. The van der Waals surface area contributed by atoms with Crippen LogP contribution in [-0.2, 0) is 24.2 Å². The van der Waals surface area contributed by atoms with Crippen LogP contribution in [0.15, 0.2) is 30.6 Å². The molecule has 3 rings (SSSR count). The molecule has 0 fully saturated rings. The van der Waals surface area contributed by atoms with E-state index in [-0.39, 0.29) is 17.9 Å². The zero-order valence-corrected chi connectivity index (χ0v) is 15.9. The van der Waals surface area contributed by atoms with E-state index in [1.807, 2.05) is 36.7 Å². The maximum atomic E-state index is 12.3. The van der Waals surface area contributed by atoms with Crippen molar-refractivity contribution in [3.8, 4) is 0 Å². The van der Waals surface area contributed by atoms with Gasteiger partial charge in [0, 0.05) is 37.4 Å². The molecule has 0 saturated heterocycles. The molecular formula is C20H27N5O2. The van der Waals surface area contributed by atoms with Gasteiger partial charge in [-0.3, -0.25) is 19.3 Å². The summed E-state index contributed by atoms with van der Waals surface area (Å²) in [4.78, 5) is 28.7. The summed E-state index contributed by atoms with van der Waals surface area (Å²) < 4.78 is 1.91. The average molecular weight is 369 g/mol. The van der Waals surface area contributed by atoms with E-state index in [0.29, 0.717) is 30.9 Å². The predicted octanol–water partition coefficient (Wildman–Crippen LogP) is 1.73. The third-order valence-corrected chi connectivity index (χ3v) is 4.77. The average Bonchev–Trinajstić information content (AvgIpc) is 3.08. The van der Waals surface area contributed by atoms with Gasteiger partial charge >= 0.3 is 0 Å². The molecule has 1 atom stereocenters. The summed E-state index contributed by atoms with van der Waals surface area (Å²) in [5.41, 5.74) is 2.54. The van der Waals surface area contributed by atoms with Gasteiger partial charge in [-0.2, -0.15) is 5.10 Å². The number of amides is 2. The quantitative estimate of drug-likeness (QED) is 0.778. The number of pyridine rings is 1. The second-order valence-electron chi connectivity index (χ2n) is 7.34. The largest absolute Gasteiger partial charge is 0.356 e. The second kappa shape index (κ2) is 8.79. The first kappa shape index (κ1) is 19.1. The van der Waals surface area contributed by atoms with E-state index >= 15 is 0 Å². The Morgan fingerprint density at radius 1 is 1.33 bits per heavy atom. The highest BCUT2D eigenvalue weighted by Crippen LogP contribution is 2.22. The van der Waals surface area contributed by atoms with Gasteiger partial charge in [-0.15, -0.1) is 0 Å². The first-order valence-corrected chi connectivity index (χ1v) is 9.55. The van der Waals surface area contributed by atoms with Crippen molar-refractivity contribution in [2.24, 2.45) is 5.92 Å². The minimum Gasteiger partial charge on any atom is -0.356 e. The highest BCUT2D eigenvalue weighted by atomic mass is 16.2. The first-order chi connectivity index (χ1) is 13.0. The highest BCUT2D eigenvalue weighted by Gasteiger charge is 2.25. The van der Waals surface area contributed by atoms with Crippen molar-refractivity contribution < 1.29 is 9.59 Å². The molecule has 0 radical (unpaired) electrons. The molecule has 0 aromatic carbocycles. The monoisotopic (exact) mass is 369 g/mol. The van der Waals surface area contributed by atoms with Crippen LogP contribution in [0.25, 0.3) is 0 Å². The summed E-state index contributed by atoms with van der Waals surface area (Å²) in [5.74, 6) is 0.280. The van der Waals surface area contributed by atoms with Gasteiger partial charge in [-0.05, 0) is 51.2 Å². The van der Waals surface area contributed by atoms with Crippen molar-refractivity contribution in [3.05, 3.63) is 47.5 Å². The van der Waals surface area contributed by atoms with Gasteiger partial charge in [0.15, 0.2) is 0 Å². The summed E-state index contributed by atoms with van der Waals surface area (Å²) in [7, 11) is 0. The van der Waals surface area contributed by atoms with Crippen LogP contribution in [0.2, 0.25) is 0 Å². The van der Waals surface area contributed by atoms with Gasteiger partial charge in [0.1, 0.15) is 0 Å². The minimum atomic E-state index is -0.0775. The van der Waals surface area contributed by atoms with Crippen molar-refractivity contribution in [3.63, 3.8) is 0 Å². The molecule has 0 aliphatic carbocycles. The molecule has 2 aromatic rings. The number of aryl methyl sites for hydroxylation is 2. The van der Waals surface area contributed by atoms with Gasteiger partial charge in [-0.25, -0.2) is 0 Å². The van der Waals surface area contributed by atoms with Gasteiger partial charge in [0.25, 0.3) is 5.91 Å². The molecule has 144 valence electrons. The number of carbonyl (C=O) groups is 2. The van der Waals surface area contributed by atoms with Crippen molar-refractivity contribution in [1.29, 1.82) is 0 Å². The Morgan fingerprint density at radius 3 is 2.93 bits per heavy atom.